The highest BCUT2D eigenvalue weighted by atomic mass is 19.4. The molecule has 168 valence electrons. The highest BCUT2D eigenvalue weighted by Gasteiger charge is 2.31. The third-order valence-corrected chi connectivity index (χ3v) is 5.21. The van der Waals surface area contributed by atoms with E-state index >= 15 is 0 Å². The second-order valence-electron chi connectivity index (χ2n) is 7.49. The highest BCUT2D eigenvalue weighted by Crippen LogP contribution is 2.36. The number of alkyl halides is 3. The van der Waals surface area contributed by atoms with Crippen LogP contribution in [0.4, 0.5) is 13.2 Å². The standard InChI is InChI=1S/C22H21F3N4O3/c1-32-18-10-4-14(5-11-18)19-27-28(21(31)29(19)17-8-9-17)13-12-26-20(30)15-2-6-16(7-3-15)22(23,24)25/h2-7,10-11,17H,8-9,12-13H2,1H3,(H,26,30). The molecule has 0 bridgehead atoms. The predicted molar refractivity (Wildman–Crippen MR) is 111 cm³/mol. The molecule has 1 aliphatic carbocycles. The van der Waals surface area contributed by atoms with Crippen LogP contribution < -0.4 is 15.7 Å². The fraction of sp³-hybridized carbons (Fsp3) is 0.318. The molecule has 32 heavy (non-hydrogen) atoms. The maximum Gasteiger partial charge on any atom is 0.416 e. The minimum Gasteiger partial charge on any atom is -0.497 e. The number of nitrogens with one attached hydrogen (secondary N) is 1. The number of nitrogens with zero attached hydrogens (tertiary/aromatic N) is 3. The van der Waals surface area contributed by atoms with Crippen molar-refractivity contribution in [3.63, 3.8) is 0 Å². The van der Waals surface area contributed by atoms with Crippen molar-refractivity contribution in [1.82, 2.24) is 19.7 Å². The van der Waals surface area contributed by atoms with Gasteiger partial charge in [0.1, 0.15) is 5.75 Å². The first-order chi connectivity index (χ1) is 15.3. The Morgan fingerprint density at radius 3 is 2.34 bits per heavy atom. The number of hydrogen-bond donors (Lipinski definition) is 1. The lowest BCUT2D eigenvalue weighted by molar-refractivity contribution is -0.137. The minimum absolute atomic E-state index is 0.101. The molecule has 10 heteroatoms. The summed E-state index contributed by atoms with van der Waals surface area (Å²) in [5.41, 5.74) is -0.200. The van der Waals surface area contributed by atoms with Crippen LogP contribution in [-0.4, -0.2) is 33.9 Å². The second-order valence-corrected chi connectivity index (χ2v) is 7.49. The lowest BCUT2D eigenvalue weighted by Crippen LogP contribution is -2.32. The van der Waals surface area contributed by atoms with Gasteiger partial charge in [0.05, 0.1) is 19.2 Å². The second kappa shape index (κ2) is 8.52. The monoisotopic (exact) mass is 446 g/mol. The van der Waals surface area contributed by atoms with Crippen molar-refractivity contribution in [1.29, 1.82) is 0 Å². The van der Waals surface area contributed by atoms with Crippen molar-refractivity contribution >= 4 is 5.91 Å². The van der Waals surface area contributed by atoms with E-state index in [2.05, 4.69) is 10.4 Å². The minimum atomic E-state index is -4.46. The van der Waals surface area contributed by atoms with Crippen LogP contribution >= 0.6 is 0 Å². The smallest absolute Gasteiger partial charge is 0.416 e. The number of methoxy groups -OCH3 is 1. The number of ether oxygens (including phenoxy) is 1. The van der Waals surface area contributed by atoms with E-state index in [-0.39, 0.29) is 30.4 Å². The van der Waals surface area contributed by atoms with Gasteiger partial charge in [-0.15, -0.1) is 5.10 Å². The Kier molecular flexibility index (Phi) is 5.77. The summed E-state index contributed by atoms with van der Waals surface area (Å²) in [6.45, 7) is 0.234. The molecule has 0 spiro atoms. The van der Waals surface area contributed by atoms with Gasteiger partial charge >= 0.3 is 11.9 Å². The molecular weight excluding hydrogens is 425 g/mol. The van der Waals surface area contributed by atoms with Crippen LogP contribution in [-0.2, 0) is 12.7 Å². The molecule has 1 fully saturated rings. The van der Waals surface area contributed by atoms with E-state index in [1.165, 1.54) is 4.68 Å². The zero-order valence-corrected chi connectivity index (χ0v) is 17.2. The Labute approximate surface area is 181 Å². The van der Waals surface area contributed by atoms with Gasteiger partial charge in [0.2, 0.25) is 0 Å². The Morgan fingerprint density at radius 1 is 1.12 bits per heavy atom. The van der Waals surface area contributed by atoms with Crippen LogP contribution in [0.2, 0.25) is 0 Å². The van der Waals surface area contributed by atoms with E-state index in [0.29, 0.717) is 11.6 Å². The first kappa shape index (κ1) is 21.7. The van der Waals surface area contributed by atoms with E-state index in [0.717, 1.165) is 42.7 Å². The molecule has 0 aliphatic heterocycles. The fourth-order valence-electron chi connectivity index (χ4n) is 3.35. The average molecular weight is 446 g/mol. The number of carbonyl (C=O) groups excluding carboxylic acids is 1. The van der Waals surface area contributed by atoms with E-state index in [1.54, 1.807) is 23.8 Å². The van der Waals surface area contributed by atoms with Crippen LogP contribution in [0.3, 0.4) is 0 Å². The Balaban J connectivity index is 1.45. The highest BCUT2D eigenvalue weighted by molar-refractivity contribution is 5.94. The van der Waals surface area contributed by atoms with Gasteiger partial charge in [-0.05, 0) is 61.4 Å². The van der Waals surface area contributed by atoms with Crippen molar-refractivity contribution in [3.05, 3.63) is 70.1 Å². The van der Waals surface area contributed by atoms with Crippen molar-refractivity contribution in [2.75, 3.05) is 13.7 Å². The van der Waals surface area contributed by atoms with Crippen molar-refractivity contribution in [2.24, 2.45) is 0 Å². The summed E-state index contributed by atoms with van der Waals surface area (Å²) in [4.78, 5) is 25.1. The Hall–Kier alpha value is -3.56. The molecule has 0 saturated heterocycles. The summed E-state index contributed by atoms with van der Waals surface area (Å²) < 4.78 is 46.1. The lowest BCUT2D eigenvalue weighted by Gasteiger charge is -2.08. The van der Waals surface area contributed by atoms with Gasteiger partial charge in [0, 0.05) is 23.7 Å². The topological polar surface area (TPSA) is 78.2 Å². The zero-order valence-electron chi connectivity index (χ0n) is 17.2. The van der Waals surface area contributed by atoms with Gasteiger partial charge in [0.25, 0.3) is 5.91 Å². The molecule has 0 radical (unpaired) electrons. The van der Waals surface area contributed by atoms with Gasteiger partial charge < -0.3 is 10.1 Å². The maximum absolute atomic E-state index is 12.9. The first-order valence-corrected chi connectivity index (χ1v) is 10.1. The summed E-state index contributed by atoms with van der Waals surface area (Å²) in [5.74, 6) is 0.720. The Bertz CT molecular complexity index is 1160. The largest absolute Gasteiger partial charge is 0.497 e. The fourth-order valence-corrected chi connectivity index (χ4v) is 3.35. The van der Waals surface area contributed by atoms with Gasteiger partial charge in [0.15, 0.2) is 5.82 Å². The lowest BCUT2D eigenvalue weighted by atomic mass is 10.1. The Morgan fingerprint density at radius 2 is 1.78 bits per heavy atom. The normalized spacial score (nSPS) is 13.8. The van der Waals surface area contributed by atoms with Crippen molar-refractivity contribution in [3.8, 4) is 17.1 Å². The molecule has 1 amide bonds. The third kappa shape index (κ3) is 4.53. The third-order valence-electron chi connectivity index (χ3n) is 5.21. The molecule has 1 heterocycles. The van der Waals surface area contributed by atoms with Crippen LogP contribution in [0.25, 0.3) is 11.4 Å². The number of halogens is 3. The van der Waals surface area contributed by atoms with Crippen molar-refractivity contribution < 1.29 is 22.7 Å². The SMILES string of the molecule is COc1ccc(-c2nn(CCNC(=O)c3ccc(C(F)(F)F)cc3)c(=O)n2C2CC2)cc1. The first-order valence-electron chi connectivity index (χ1n) is 10.1. The van der Waals surface area contributed by atoms with Gasteiger partial charge in [-0.2, -0.15) is 13.2 Å². The van der Waals surface area contributed by atoms with E-state index in [4.69, 9.17) is 4.74 Å². The number of benzene rings is 2. The summed E-state index contributed by atoms with van der Waals surface area (Å²) in [6, 6.07) is 11.3. The van der Waals surface area contributed by atoms with E-state index in [1.807, 2.05) is 12.1 Å². The molecule has 2 aromatic carbocycles. The van der Waals surface area contributed by atoms with Gasteiger partial charge in [-0.1, -0.05) is 0 Å². The number of carbonyl (C=O) groups is 1. The zero-order chi connectivity index (χ0) is 22.9. The van der Waals surface area contributed by atoms with E-state index in [9.17, 15) is 22.8 Å². The summed E-state index contributed by atoms with van der Waals surface area (Å²) in [7, 11) is 1.57. The maximum atomic E-state index is 12.9. The molecule has 0 unspecified atom stereocenters. The summed E-state index contributed by atoms with van der Waals surface area (Å²) >= 11 is 0. The average Bonchev–Trinajstić information content (AvgIpc) is 3.57. The molecule has 0 atom stereocenters. The van der Waals surface area contributed by atoms with E-state index < -0.39 is 17.6 Å². The van der Waals surface area contributed by atoms with Gasteiger partial charge in [-0.3, -0.25) is 9.36 Å². The quantitative estimate of drug-likeness (QED) is 0.603. The number of amides is 1. The van der Waals surface area contributed by atoms with Crippen LogP contribution in [0.1, 0.15) is 34.8 Å². The number of hydrogen-bond acceptors (Lipinski definition) is 4. The molecule has 3 aromatic rings. The molecule has 1 aliphatic rings. The van der Waals surface area contributed by atoms with Crippen molar-refractivity contribution in [2.45, 2.75) is 31.6 Å². The molecule has 4 rings (SSSR count). The number of aromatic nitrogens is 3. The molecule has 1 N–H and O–H groups in total. The summed E-state index contributed by atoms with van der Waals surface area (Å²) in [6.07, 6.45) is -2.66. The number of rotatable bonds is 7. The van der Waals surface area contributed by atoms with Crippen LogP contribution in [0.15, 0.2) is 53.3 Å². The van der Waals surface area contributed by atoms with Gasteiger partial charge in [-0.25, -0.2) is 9.48 Å². The molecular formula is C22H21F3N4O3. The van der Waals surface area contributed by atoms with Crippen LogP contribution in [0.5, 0.6) is 5.75 Å². The molecule has 1 saturated carbocycles. The predicted octanol–water partition coefficient (Wildman–Crippen LogP) is 3.50. The van der Waals surface area contributed by atoms with Crippen LogP contribution in [0, 0.1) is 0 Å². The molecule has 7 nitrogen and oxygen atoms in total. The summed E-state index contributed by atoms with van der Waals surface area (Å²) in [5, 5.41) is 7.07. The molecule has 1 aromatic heterocycles.